The number of amides is 1. The highest BCUT2D eigenvalue weighted by molar-refractivity contribution is 5.93. The van der Waals surface area contributed by atoms with E-state index < -0.39 is 5.82 Å². The first-order valence-corrected chi connectivity index (χ1v) is 5.63. The standard InChI is InChI=1S/C12H17FN2O2/c1-9(8-16)3-2-4-15-12(17)10-5-11(13)7-14-6-10/h5-7,9,16H,2-4,8H2,1H3,(H,15,17). The van der Waals surface area contributed by atoms with Crippen LogP contribution in [-0.4, -0.2) is 29.1 Å². The van der Waals surface area contributed by atoms with Gasteiger partial charge in [-0.15, -0.1) is 0 Å². The molecule has 1 aromatic heterocycles. The highest BCUT2D eigenvalue weighted by atomic mass is 19.1. The van der Waals surface area contributed by atoms with Gasteiger partial charge in [0, 0.05) is 19.3 Å². The Labute approximate surface area is 99.9 Å². The Kier molecular flexibility index (Phi) is 5.56. The molecule has 5 heteroatoms. The van der Waals surface area contributed by atoms with Crippen molar-refractivity contribution in [3.63, 3.8) is 0 Å². The molecule has 0 aliphatic carbocycles. The van der Waals surface area contributed by atoms with Crippen LogP contribution < -0.4 is 5.32 Å². The van der Waals surface area contributed by atoms with Gasteiger partial charge in [0.15, 0.2) is 0 Å². The summed E-state index contributed by atoms with van der Waals surface area (Å²) in [6.07, 6.45) is 4.02. The molecule has 0 fully saturated rings. The molecule has 0 saturated heterocycles. The van der Waals surface area contributed by atoms with E-state index in [0.717, 1.165) is 25.1 Å². The van der Waals surface area contributed by atoms with Crippen molar-refractivity contribution < 1.29 is 14.3 Å². The minimum absolute atomic E-state index is 0.155. The zero-order chi connectivity index (χ0) is 12.7. The van der Waals surface area contributed by atoms with Gasteiger partial charge in [0.1, 0.15) is 5.82 Å². The van der Waals surface area contributed by atoms with Gasteiger partial charge in [-0.2, -0.15) is 0 Å². The van der Waals surface area contributed by atoms with Gasteiger partial charge in [-0.25, -0.2) is 4.39 Å². The molecule has 2 N–H and O–H groups in total. The number of aromatic nitrogens is 1. The van der Waals surface area contributed by atoms with Crippen LogP contribution in [0.2, 0.25) is 0 Å². The molecule has 1 unspecified atom stereocenters. The third-order valence-corrected chi connectivity index (χ3v) is 2.44. The summed E-state index contributed by atoms with van der Waals surface area (Å²) in [5.74, 6) is -0.608. The van der Waals surface area contributed by atoms with Gasteiger partial charge in [0.25, 0.3) is 5.91 Å². The first-order chi connectivity index (χ1) is 8.13. The highest BCUT2D eigenvalue weighted by Crippen LogP contribution is 2.04. The molecule has 1 heterocycles. The lowest BCUT2D eigenvalue weighted by atomic mass is 10.1. The fourth-order valence-corrected chi connectivity index (χ4v) is 1.38. The Morgan fingerprint density at radius 1 is 1.59 bits per heavy atom. The van der Waals surface area contributed by atoms with Crippen LogP contribution in [0.3, 0.4) is 0 Å². The van der Waals surface area contributed by atoms with Gasteiger partial charge >= 0.3 is 0 Å². The number of halogens is 1. The van der Waals surface area contributed by atoms with E-state index in [-0.39, 0.29) is 24.0 Å². The maximum Gasteiger partial charge on any atom is 0.252 e. The zero-order valence-corrected chi connectivity index (χ0v) is 9.82. The number of nitrogens with one attached hydrogen (secondary N) is 1. The summed E-state index contributed by atoms with van der Waals surface area (Å²) in [7, 11) is 0. The summed E-state index contributed by atoms with van der Waals surface area (Å²) in [5, 5.41) is 11.5. The van der Waals surface area contributed by atoms with Crippen molar-refractivity contribution in [3.8, 4) is 0 Å². The smallest absolute Gasteiger partial charge is 0.252 e. The van der Waals surface area contributed by atoms with Crippen LogP contribution >= 0.6 is 0 Å². The average Bonchev–Trinajstić information content (AvgIpc) is 2.34. The number of nitrogens with zero attached hydrogens (tertiary/aromatic N) is 1. The van der Waals surface area contributed by atoms with E-state index in [1.807, 2.05) is 6.92 Å². The molecule has 1 aromatic rings. The lowest BCUT2D eigenvalue weighted by Gasteiger charge is -2.08. The van der Waals surface area contributed by atoms with E-state index in [0.29, 0.717) is 6.54 Å². The number of aliphatic hydroxyl groups is 1. The molecular formula is C12H17FN2O2. The summed E-state index contributed by atoms with van der Waals surface area (Å²) < 4.78 is 12.8. The van der Waals surface area contributed by atoms with Gasteiger partial charge in [-0.1, -0.05) is 6.92 Å². The van der Waals surface area contributed by atoms with E-state index in [2.05, 4.69) is 10.3 Å². The Hall–Kier alpha value is -1.49. The molecular weight excluding hydrogens is 223 g/mol. The number of hydrogen-bond donors (Lipinski definition) is 2. The average molecular weight is 240 g/mol. The topological polar surface area (TPSA) is 62.2 Å². The third kappa shape index (κ3) is 4.91. The van der Waals surface area contributed by atoms with Crippen LogP contribution in [0.4, 0.5) is 4.39 Å². The van der Waals surface area contributed by atoms with Crippen molar-refractivity contribution in [2.75, 3.05) is 13.2 Å². The van der Waals surface area contributed by atoms with Crippen molar-refractivity contribution in [3.05, 3.63) is 29.8 Å². The molecule has 1 rings (SSSR count). The number of aliphatic hydroxyl groups excluding tert-OH is 1. The first-order valence-electron chi connectivity index (χ1n) is 5.63. The van der Waals surface area contributed by atoms with Crippen molar-refractivity contribution >= 4 is 5.91 Å². The van der Waals surface area contributed by atoms with Crippen LogP contribution in [0.5, 0.6) is 0 Å². The first kappa shape index (κ1) is 13.6. The van der Waals surface area contributed by atoms with Gasteiger partial charge in [-0.05, 0) is 24.8 Å². The Bertz CT molecular complexity index is 371. The molecule has 4 nitrogen and oxygen atoms in total. The van der Waals surface area contributed by atoms with Crippen molar-refractivity contribution in [2.24, 2.45) is 5.92 Å². The molecule has 94 valence electrons. The second-order valence-corrected chi connectivity index (χ2v) is 4.08. The van der Waals surface area contributed by atoms with Crippen molar-refractivity contribution in [2.45, 2.75) is 19.8 Å². The maximum atomic E-state index is 12.8. The highest BCUT2D eigenvalue weighted by Gasteiger charge is 2.06. The lowest BCUT2D eigenvalue weighted by molar-refractivity contribution is 0.0951. The molecule has 1 amide bonds. The largest absolute Gasteiger partial charge is 0.396 e. The number of rotatable bonds is 6. The van der Waals surface area contributed by atoms with Crippen LogP contribution in [0.1, 0.15) is 30.1 Å². The fourth-order valence-electron chi connectivity index (χ4n) is 1.38. The van der Waals surface area contributed by atoms with Gasteiger partial charge in [0.05, 0.1) is 11.8 Å². The lowest BCUT2D eigenvalue weighted by Crippen LogP contribution is -2.25. The zero-order valence-electron chi connectivity index (χ0n) is 9.82. The normalized spacial score (nSPS) is 12.2. The Balaban J connectivity index is 2.30. The molecule has 0 spiro atoms. The second-order valence-electron chi connectivity index (χ2n) is 4.08. The van der Waals surface area contributed by atoms with E-state index in [1.165, 1.54) is 6.20 Å². The monoisotopic (exact) mass is 240 g/mol. The molecule has 0 saturated carbocycles. The van der Waals surface area contributed by atoms with Crippen LogP contribution in [0.15, 0.2) is 18.5 Å². The predicted octanol–water partition coefficient (Wildman–Crippen LogP) is 1.36. The predicted molar refractivity (Wildman–Crippen MR) is 62.0 cm³/mol. The number of carbonyl (C=O) groups is 1. The summed E-state index contributed by atoms with van der Waals surface area (Å²) >= 11 is 0. The molecule has 1 atom stereocenters. The van der Waals surface area contributed by atoms with Gasteiger partial charge in [-0.3, -0.25) is 9.78 Å². The van der Waals surface area contributed by atoms with E-state index in [1.54, 1.807) is 0 Å². The van der Waals surface area contributed by atoms with Crippen LogP contribution in [0.25, 0.3) is 0 Å². The van der Waals surface area contributed by atoms with Gasteiger partial charge in [0.2, 0.25) is 0 Å². The summed E-state index contributed by atoms with van der Waals surface area (Å²) in [4.78, 5) is 15.2. The number of pyridine rings is 1. The van der Waals surface area contributed by atoms with Crippen molar-refractivity contribution in [1.82, 2.24) is 10.3 Å². The van der Waals surface area contributed by atoms with Gasteiger partial charge < -0.3 is 10.4 Å². The van der Waals surface area contributed by atoms with Crippen LogP contribution in [-0.2, 0) is 0 Å². The number of hydrogen-bond acceptors (Lipinski definition) is 3. The van der Waals surface area contributed by atoms with E-state index in [4.69, 9.17) is 5.11 Å². The SMILES string of the molecule is CC(CO)CCCNC(=O)c1cncc(F)c1. The summed E-state index contributed by atoms with van der Waals surface area (Å²) in [6, 6.07) is 1.15. The third-order valence-electron chi connectivity index (χ3n) is 2.44. The molecule has 0 aliphatic rings. The summed E-state index contributed by atoms with van der Waals surface area (Å²) in [6.45, 7) is 2.61. The Morgan fingerprint density at radius 2 is 2.35 bits per heavy atom. The molecule has 0 aliphatic heterocycles. The van der Waals surface area contributed by atoms with Crippen LogP contribution in [0, 0.1) is 11.7 Å². The summed E-state index contributed by atoms with van der Waals surface area (Å²) in [5.41, 5.74) is 0.222. The molecule has 0 bridgehead atoms. The fraction of sp³-hybridized carbons (Fsp3) is 0.500. The number of carbonyl (C=O) groups excluding carboxylic acids is 1. The minimum Gasteiger partial charge on any atom is -0.396 e. The Morgan fingerprint density at radius 3 is 3.00 bits per heavy atom. The quantitative estimate of drug-likeness (QED) is 0.738. The minimum atomic E-state index is -0.522. The maximum absolute atomic E-state index is 12.8. The molecule has 17 heavy (non-hydrogen) atoms. The molecule has 0 radical (unpaired) electrons. The van der Waals surface area contributed by atoms with E-state index >= 15 is 0 Å². The van der Waals surface area contributed by atoms with E-state index in [9.17, 15) is 9.18 Å². The van der Waals surface area contributed by atoms with Crippen molar-refractivity contribution in [1.29, 1.82) is 0 Å². The second kappa shape index (κ2) is 6.96. The molecule has 0 aromatic carbocycles.